The van der Waals surface area contributed by atoms with Gasteiger partial charge < -0.3 is 0 Å². The summed E-state index contributed by atoms with van der Waals surface area (Å²) in [5, 5.41) is 6.48. The van der Waals surface area contributed by atoms with Crippen molar-refractivity contribution in [2.45, 2.75) is 25.8 Å². The van der Waals surface area contributed by atoms with E-state index in [1.165, 1.54) is 11.5 Å². The van der Waals surface area contributed by atoms with Crippen LogP contribution < -0.4 is 11.3 Å². The van der Waals surface area contributed by atoms with Gasteiger partial charge in [0.15, 0.2) is 0 Å². The predicted molar refractivity (Wildman–Crippen MR) is 84.9 cm³/mol. The minimum atomic E-state index is -0.152. The molecule has 0 fully saturated rings. The monoisotopic (exact) mass is 299 g/mol. The van der Waals surface area contributed by atoms with E-state index in [-0.39, 0.29) is 6.04 Å². The Morgan fingerprint density at radius 2 is 2.00 bits per heavy atom. The van der Waals surface area contributed by atoms with Crippen molar-refractivity contribution in [3.8, 4) is 0 Å². The van der Waals surface area contributed by atoms with E-state index < -0.39 is 0 Å². The van der Waals surface area contributed by atoms with Crippen LogP contribution in [0.3, 0.4) is 0 Å². The Bertz CT molecular complexity index is 747. The summed E-state index contributed by atoms with van der Waals surface area (Å²) in [5.41, 5.74) is 4.93. The number of pyridine rings is 1. The quantitative estimate of drug-likeness (QED) is 0.572. The van der Waals surface area contributed by atoms with E-state index in [2.05, 4.69) is 39.9 Å². The molecule has 3 aromatic rings. The molecule has 0 aliphatic rings. The third kappa shape index (κ3) is 2.53. The van der Waals surface area contributed by atoms with E-state index in [1.807, 2.05) is 30.6 Å². The van der Waals surface area contributed by atoms with Crippen LogP contribution in [0.5, 0.6) is 0 Å². The summed E-state index contributed by atoms with van der Waals surface area (Å²) >= 11 is 1.38. The third-order valence-corrected chi connectivity index (χ3v) is 4.33. The lowest BCUT2D eigenvalue weighted by Crippen LogP contribution is -2.29. The van der Waals surface area contributed by atoms with Crippen LogP contribution in [0.15, 0.2) is 36.7 Å². The molecule has 3 rings (SSSR count). The Kier molecular flexibility index (Phi) is 3.92. The van der Waals surface area contributed by atoms with E-state index in [0.29, 0.717) is 5.92 Å². The summed E-state index contributed by atoms with van der Waals surface area (Å²) in [7, 11) is 0. The summed E-state index contributed by atoms with van der Waals surface area (Å²) in [6.45, 7) is 4.21. The minimum absolute atomic E-state index is 0.152. The Morgan fingerprint density at radius 3 is 2.76 bits per heavy atom. The molecule has 0 spiro atoms. The van der Waals surface area contributed by atoms with Crippen LogP contribution in [0.4, 0.5) is 0 Å². The molecule has 108 valence electrons. The molecule has 2 aromatic heterocycles. The maximum atomic E-state index is 5.83. The van der Waals surface area contributed by atoms with E-state index in [4.69, 9.17) is 5.84 Å². The molecule has 3 N–H and O–H groups in total. The fourth-order valence-electron chi connectivity index (χ4n) is 2.48. The Labute approximate surface area is 127 Å². The Hall–Kier alpha value is -1.89. The van der Waals surface area contributed by atoms with Gasteiger partial charge in [0.05, 0.1) is 16.6 Å². The number of hydrogen-bond acceptors (Lipinski definition) is 6. The molecule has 5 nitrogen and oxygen atoms in total. The normalized spacial score (nSPS) is 13.0. The van der Waals surface area contributed by atoms with Crippen LogP contribution in [0.25, 0.3) is 10.8 Å². The fourth-order valence-corrected chi connectivity index (χ4v) is 3.37. The average molecular weight is 299 g/mol. The summed E-state index contributed by atoms with van der Waals surface area (Å²) in [6, 6.07) is 8.01. The molecule has 0 radical (unpaired) electrons. The van der Waals surface area contributed by atoms with Gasteiger partial charge in [-0.05, 0) is 22.8 Å². The van der Waals surface area contributed by atoms with Crippen LogP contribution in [0, 0.1) is 0 Å². The third-order valence-electron chi connectivity index (χ3n) is 3.53. The molecule has 0 saturated heterocycles. The SMILES string of the molecule is CC(C)c1nnsc1C(NN)c1cncc2ccccc12. The van der Waals surface area contributed by atoms with Crippen molar-refractivity contribution in [1.82, 2.24) is 20.0 Å². The first-order valence-corrected chi connectivity index (χ1v) is 7.60. The minimum Gasteiger partial charge on any atom is -0.271 e. The number of benzene rings is 1. The number of nitrogens with two attached hydrogens (primary N) is 1. The lowest BCUT2D eigenvalue weighted by molar-refractivity contribution is 0.633. The van der Waals surface area contributed by atoms with Crippen molar-refractivity contribution in [3.05, 3.63) is 52.8 Å². The first-order chi connectivity index (χ1) is 10.2. The molecule has 1 atom stereocenters. The Morgan fingerprint density at radius 1 is 1.19 bits per heavy atom. The highest BCUT2D eigenvalue weighted by molar-refractivity contribution is 7.05. The molecule has 6 heteroatoms. The maximum Gasteiger partial charge on any atom is 0.0858 e. The van der Waals surface area contributed by atoms with Gasteiger partial charge in [0, 0.05) is 23.3 Å². The van der Waals surface area contributed by atoms with Crippen LogP contribution >= 0.6 is 11.5 Å². The van der Waals surface area contributed by atoms with Crippen molar-refractivity contribution >= 4 is 22.3 Å². The predicted octanol–water partition coefficient (Wildman–Crippen LogP) is 2.76. The summed E-state index contributed by atoms with van der Waals surface area (Å²) in [5.74, 6) is 6.13. The van der Waals surface area contributed by atoms with Crippen LogP contribution in [-0.2, 0) is 0 Å². The van der Waals surface area contributed by atoms with Crippen LogP contribution in [0.2, 0.25) is 0 Å². The number of nitrogens with one attached hydrogen (secondary N) is 1. The maximum absolute atomic E-state index is 5.83. The molecular formula is C15H17N5S. The highest BCUT2D eigenvalue weighted by Gasteiger charge is 2.23. The zero-order valence-electron chi connectivity index (χ0n) is 11.9. The smallest absolute Gasteiger partial charge is 0.0858 e. The zero-order valence-corrected chi connectivity index (χ0v) is 12.8. The molecule has 0 saturated carbocycles. The standard InChI is InChI=1S/C15H17N5S/c1-9(2)13-15(21-20-19-13)14(18-16)12-8-17-7-10-5-3-4-6-11(10)12/h3-9,14,18H,16H2,1-2H3. The van der Waals surface area contributed by atoms with Gasteiger partial charge in [0.2, 0.25) is 0 Å². The number of aromatic nitrogens is 3. The van der Waals surface area contributed by atoms with E-state index in [1.54, 1.807) is 0 Å². The van der Waals surface area contributed by atoms with Crippen LogP contribution in [0.1, 0.15) is 41.9 Å². The van der Waals surface area contributed by atoms with Gasteiger partial charge in [-0.2, -0.15) is 0 Å². The molecule has 2 heterocycles. The van der Waals surface area contributed by atoms with Gasteiger partial charge in [0.25, 0.3) is 0 Å². The van der Waals surface area contributed by atoms with Crippen molar-refractivity contribution in [2.24, 2.45) is 5.84 Å². The first kappa shape index (κ1) is 14.1. The van der Waals surface area contributed by atoms with Gasteiger partial charge in [-0.1, -0.05) is 42.6 Å². The summed E-state index contributed by atoms with van der Waals surface area (Å²) in [6.07, 6.45) is 3.72. The number of rotatable bonds is 4. The van der Waals surface area contributed by atoms with Crippen molar-refractivity contribution in [2.75, 3.05) is 0 Å². The van der Waals surface area contributed by atoms with Crippen LogP contribution in [-0.4, -0.2) is 14.6 Å². The van der Waals surface area contributed by atoms with E-state index in [0.717, 1.165) is 26.9 Å². The molecule has 1 aromatic carbocycles. The van der Waals surface area contributed by atoms with Gasteiger partial charge >= 0.3 is 0 Å². The second-order valence-corrected chi connectivity index (χ2v) is 6.01. The number of hydrogen-bond donors (Lipinski definition) is 2. The van der Waals surface area contributed by atoms with Crippen molar-refractivity contribution in [3.63, 3.8) is 0 Å². The second-order valence-electron chi connectivity index (χ2n) is 5.23. The molecule has 0 aliphatic heterocycles. The second kappa shape index (κ2) is 5.85. The average Bonchev–Trinajstić information content (AvgIpc) is 2.98. The number of hydrazine groups is 1. The van der Waals surface area contributed by atoms with Gasteiger partial charge in [0.1, 0.15) is 0 Å². The van der Waals surface area contributed by atoms with Crippen molar-refractivity contribution < 1.29 is 0 Å². The lowest BCUT2D eigenvalue weighted by atomic mass is 9.98. The summed E-state index contributed by atoms with van der Waals surface area (Å²) < 4.78 is 4.09. The largest absolute Gasteiger partial charge is 0.271 e. The number of nitrogens with zero attached hydrogens (tertiary/aromatic N) is 3. The Balaban J connectivity index is 2.17. The molecule has 21 heavy (non-hydrogen) atoms. The van der Waals surface area contributed by atoms with Gasteiger partial charge in [-0.25, -0.2) is 5.43 Å². The first-order valence-electron chi connectivity index (χ1n) is 6.83. The molecular weight excluding hydrogens is 282 g/mol. The van der Waals surface area contributed by atoms with Gasteiger partial charge in [-0.3, -0.25) is 10.8 Å². The molecule has 1 unspecified atom stereocenters. The van der Waals surface area contributed by atoms with Gasteiger partial charge in [-0.15, -0.1) is 5.10 Å². The molecule has 0 bridgehead atoms. The summed E-state index contributed by atoms with van der Waals surface area (Å²) in [4.78, 5) is 5.38. The fraction of sp³-hybridized carbons (Fsp3) is 0.267. The highest BCUT2D eigenvalue weighted by Crippen LogP contribution is 2.33. The zero-order chi connectivity index (χ0) is 14.8. The van der Waals surface area contributed by atoms with E-state index >= 15 is 0 Å². The molecule has 0 amide bonds. The lowest BCUT2D eigenvalue weighted by Gasteiger charge is -2.18. The molecule has 0 aliphatic carbocycles. The number of fused-ring (bicyclic) bond motifs is 1. The highest BCUT2D eigenvalue weighted by atomic mass is 32.1. The van der Waals surface area contributed by atoms with Crippen molar-refractivity contribution in [1.29, 1.82) is 0 Å². The van der Waals surface area contributed by atoms with E-state index in [9.17, 15) is 0 Å². The topological polar surface area (TPSA) is 76.7 Å².